The molecule has 1 atom stereocenters. The fourth-order valence-corrected chi connectivity index (χ4v) is 6.68. The summed E-state index contributed by atoms with van der Waals surface area (Å²) in [6.45, 7) is 2.78. The largest absolute Gasteiger partial charge is 0.352 e. The molecule has 1 fully saturated rings. The first kappa shape index (κ1) is 30.5. The number of benzene rings is 3. The number of hydrogen-bond donors (Lipinski definition) is 1. The van der Waals surface area contributed by atoms with Crippen molar-refractivity contribution >= 4 is 39.1 Å². The van der Waals surface area contributed by atoms with Crippen LogP contribution in [0, 0.1) is 12.7 Å². The average Bonchev–Trinajstić information content (AvgIpc) is 2.97. The van der Waals surface area contributed by atoms with E-state index >= 15 is 0 Å². The lowest BCUT2D eigenvalue weighted by atomic mass is 9.95. The van der Waals surface area contributed by atoms with Gasteiger partial charge in [0.05, 0.1) is 10.6 Å². The van der Waals surface area contributed by atoms with E-state index in [4.69, 9.17) is 11.6 Å². The van der Waals surface area contributed by atoms with Crippen LogP contribution in [0.5, 0.6) is 0 Å². The number of nitrogens with one attached hydrogen (secondary N) is 1. The number of amides is 2. The Balaban J connectivity index is 1.69. The van der Waals surface area contributed by atoms with E-state index in [1.807, 2.05) is 0 Å². The first-order chi connectivity index (χ1) is 19.6. The van der Waals surface area contributed by atoms with Crippen LogP contribution in [0.25, 0.3) is 0 Å². The van der Waals surface area contributed by atoms with E-state index < -0.39 is 34.3 Å². The lowest BCUT2D eigenvalue weighted by Gasteiger charge is -2.33. The molecule has 0 aliphatic heterocycles. The fraction of sp³-hybridized carbons (Fsp3) is 0.355. The predicted octanol–water partition coefficient (Wildman–Crippen LogP) is 5.85. The third-order valence-corrected chi connectivity index (χ3v) is 9.44. The molecule has 0 spiro atoms. The summed E-state index contributed by atoms with van der Waals surface area (Å²) in [7, 11) is -4.19. The molecule has 0 unspecified atom stereocenters. The second-order valence-corrected chi connectivity index (χ2v) is 12.7. The molecule has 1 aliphatic carbocycles. The summed E-state index contributed by atoms with van der Waals surface area (Å²) in [5.74, 6) is -1.32. The summed E-state index contributed by atoms with van der Waals surface area (Å²) < 4.78 is 42.5. The van der Waals surface area contributed by atoms with Gasteiger partial charge in [0.15, 0.2) is 0 Å². The van der Waals surface area contributed by atoms with Crippen molar-refractivity contribution in [2.24, 2.45) is 0 Å². The van der Waals surface area contributed by atoms with Gasteiger partial charge in [-0.1, -0.05) is 67.3 Å². The summed E-state index contributed by atoms with van der Waals surface area (Å²) in [6, 6.07) is 17.5. The van der Waals surface area contributed by atoms with Gasteiger partial charge in [-0.2, -0.15) is 0 Å². The lowest BCUT2D eigenvalue weighted by molar-refractivity contribution is -0.139. The second kappa shape index (κ2) is 13.5. The Labute approximate surface area is 246 Å². The van der Waals surface area contributed by atoms with Crippen molar-refractivity contribution < 1.29 is 22.4 Å². The van der Waals surface area contributed by atoms with Crippen LogP contribution in [0.15, 0.2) is 77.7 Å². The zero-order valence-corrected chi connectivity index (χ0v) is 24.8. The van der Waals surface area contributed by atoms with E-state index in [0.717, 1.165) is 36.4 Å². The van der Waals surface area contributed by atoms with Crippen molar-refractivity contribution in [1.29, 1.82) is 0 Å². The molecule has 1 saturated carbocycles. The Bertz CT molecular complexity index is 1460. The molecule has 1 aliphatic rings. The fourth-order valence-electron chi connectivity index (χ4n) is 5.02. The second-order valence-electron chi connectivity index (χ2n) is 10.4. The first-order valence-electron chi connectivity index (χ1n) is 13.7. The number of halogens is 2. The Kier molecular flexibility index (Phi) is 10.0. The van der Waals surface area contributed by atoms with E-state index in [9.17, 15) is 22.4 Å². The quantitative estimate of drug-likeness (QED) is 0.317. The Morgan fingerprint density at radius 1 is 1.00 bits per heavy atom. The Hall–Kier alpha value is -3.43. The number of carbonyl (C=O) groups excluding carboxylic acids is 2. The molecular weight excluding hydrogens is 565 g/mol. The van der Waals surface area contributed by atoms with Crippen molar-refractivity contribution in [3.63, 3.8) is 0 Å². The van der Waals surface area contributed by atoms with Gasteiger partial charge in [-0.25, -0.2) is 12.8 Å². The molecular formula is C31H35ClFN3O4S. The summed E-state index contributed by atoms with van der Waals surface area (Å²) in [5.41, 5.74) is 1.47. The minimum absolute atomic E-state index is 0.00782. The third kappa shape index (κ3) is 7.65. The highest BCUT2D eigenvalue weighted by Gasteiger charge is 2.33. The molecule has 0 saturated heterocycles. The number of sulfonamides is 1. The van der Waals surface area contributed by atoms with E-state index in [2.05, 4.69) is 5.32 Å². The van der Waals surface area contributed by atoms with E-state index in [1.165, 1.54) is 35.2 Å². The van der Waals surface area contributed by atoms with Crippen LogP contribution in [-0.4, -0.2) is 43.8 Å². The molecule has 3 aromatic carbocycles. The van der Waals surface area contributed by atoms with Gasteiger partial charge >= 0.3 is 0 Å². The van der Waals surface area contributed by atoms with Crippen molar-refractivity contribution in [1.82, 2.24) is 10.2 Å². The van der Waals surface area contributed by atoms with E-state index in [0.29, 0.717) is 16.1 Å². The molecule has 41 heavy (non-hydrogen) atoms. The number of carbonyl (C=O) groups is 2. The molecule has 10 heteroatoms. The van der Waals surface area contributed by atoms with Crippen LogP contribution in [-0.2, 0) is 26.2 Å². The molecule has 4 rings (SSSR count). The zero-order chi connectivity index (χ0) is 29.6. The number of rotatable bonds is 10. The van der Waals surface area contributed by atoms with Gasteiger partial charge in [0.25, 0.3) is 10.0 Å². The standard InChI is InChI=1S/C31H35ClFN3O4S/c1-22-13-16-25(32)19-29(22)36(41(39,40)28-11-7-4-8-12-28)21-30(37)35(20-24-14-17-26(33)18-15-24)23(2)31(38)34-27-9-5-3-6-10-27/h4,7-8,11-19,23,27H,3,5-6,9-10,20-21H2,1-2H3,(H,34,38)/t23-/m0/s1. The molecule has 218 valence electrons. The van der Waals surface area contributed by atoms with Crippen LogP contribution >= 0.6 is 11.6 Å². The van der Waals surface area contributed by atoms with Crippen molar-refractivity contribution in [3.8, 4) is 0 Å². The average molecular weight is 600 g/mol. The number of hydrogen-bond acceptors (Lipinski definition) is 4. The van der Waals surface area contributed by atoms with E-state index in [1.54, 1.807) is 56.3 Å². The van der Waals surface area contributed by atoms with Crippen LogP contribution in [0.4, 0.5) is 10.1 Å². The Morgan fingerprint density at radius 3 is 2.32 bits per heavy atom. The topological polar surface area (TPSA) is 86.8 Å². The maximum atomic E-state index is 14.0. The summed E-state index contributed by atoms with van der Waals surface area (Å²) in [5, 5.41) is 3.38. The first-order valence-corrected chi connectivity index (χ1v) is 15.6. The van der Waals surface area contributed by atoms with Gasteiger partial charge in [0, 0.05) is 17.6 Å². The van der Waals surface area contributed by atoms with Gasteiger partial charge in [0.1, 0.15) is 18.4 Å². The maximum Gasteiger partial charge on any atom is 0.264 e. The van der Waals surface area contributed by atoms with Crippen molar-refractivity contribution in [2.45, 2.75) is 69.5 Å². The normalized spacial score (nSPS) is 14.7. The highest BCUT2D eigenvalue weighted by Crippen LogP contribution is 2.30. The molecule has 3 aromatic rings. The van der Waals surface area contributed by atoms with Gasteiger partial charge in [-0.15, -0.1) is 0 Å². The molecule has 0 bridgehead atoms. The smallest absolute Gasteiger partial charge is 0.264 e. The van der Waals surface area contributed by atoms with Gasteiger partial charge in [-0.3, -0.25) is 13.9 Å². The third-order valence-electron chi connectivity index (χ3n) is 7.43. The van der Waals surface area contributed by atoms with Crippen LogP contribution < -0.4 is 9.62 Å². The number of nitrogens with zero attached hydrogens (tertiary/aromatic N) is 2. The maximum absolute atomic E-state index is 14.0. The summed E-state index contributed by atoms with van der Waals surface area (Å²) >= 11 is 6.26. The van der Waals surface area contributed by atoms with Gasteiger partial charge in [0.2, 0.25) is 11.8 Å². The van der Waals surface area contributed by atoms with Crippen molar-refractivity contribution in [2.75, 3.05) is 10.8 Å². The van der Waals surface area contributed by atoms with Gasteiger partial charge < -0.3 is 10.2 Å². The molecule has 0 radical (unpaired) electrons. The number of aryl methyl sites for hydroxylation is 1. The summed E-state index contributed by atoms with van der Waals surface area (Å²) in [4.78, 5) is 28.8. The monoisotopic (exact) mass is 599 g/mol. The minimum Gasteiger partial charge on any atom is -0.352 e. The van der Waals surface area contributed by atoms with Crippen LogP contribution in [0.2, 0.25) is 5.02 Å². The zero-order valence-electron chi connectivity index (χ0n) is 23.2. The predicted molar refractivity (Wildman–Crippen MR) is 159 cm³/mol. The van der Waals surface area contributed by atoms with Crippen LogP contribution in [0.3, 0.4) is 0 Å². The van der Waals surface area contributed by atoms with E-state index in [-0.39, 0.29) is 29.1 Å². The van der Waals surface area contributed by atoms with Crippen molar-refractivity contribution in [3.05, 3.63) is 94.8 Å². The highest BCUT2D eigenvalue weighted by molar-refractivity contribution is 7.92. The SMILES string of the molecule is Cc1ccc(Cl)cc1N(CC(=O)N(Cc1ccc(F)cc1)[C@@H](C)C(=O)NC1CCCCC1)S(=O)(=O)c1ccccc1. The minimum atomic E-state index is -4.19. The summed E-state index contributed by atoms with van der Waals surface area (Å²) in [6.07, 6.45) is 4.94. The Morgan fingerprint density at radius 2 is 1.66 bits per heavy atom. The number of anilines is 1. The highest BCUT2D eigenvalue weighted by atomic mass is 35.5. The lowest BCUT2D eigenvalue weighted by Crippen LogP contribution is -2.53. The molecule has 0 heterocycles. The van der Waals surface area contributed by atoms with Crippen LogP contribution in [0.1, 0.15) is 50.2 Å². The molecule has 2 amide bonds. The molecule has 1 N–H and O–H groups in total. The van der Waals surface area contributed by atoms with Gasteiger partial charge in [-0.05, 0) is 74.2 Å². The molecule has 7 nitrogen and oxygen atoms in total. The molecule has 0 aromatic heterocycles.